The summed E-state index contributed by atoms with van der Waals surface area (Å²) >= 11 is 2.64. The number of aryl methyl sites for hydroxylation is 2. The van der Waals surface area contributed by atoms with Crippen molar-refractivity contribution in [3.05, 3.63) is 65.4 Å². The van der Waals surface area contributed by atoms with Gasteiger partial charge in [0.1, 0.15) is 6.04 Å². The normalized spacial score (nSPS) is 11.9. The Morgan fingerprint density at radius 2 is 2.00 bits per heavy atom. The first kappa shape index (κ1) is 23.8. The molecule has 176 valence electrons. The number of H-pyrrole nitrogens is 1. The molecule has 1 amide bonds. The standard InChI is InChI=1S/C24H25N5O3S2/c1-14-8-9-18(15(2)10-14)27-23-28-29-24(34-23)33-13-21(30)26-20(22(31)32-3)11-16-12-25-19-7-5-4-6-17(16)19/h4-10,12,20,25H,11,13H2,1-3H3,(H,26,30)(H,27,28). The molecule has 0 aliphatic rings. The van der Waals surface area contributed by atoms with Gasteiger partial charge in [-0.2, -0.15) is 0 Å². The van der Waals surface area contributed by atoms with Crippen LogP contribution >= 0.6 is 23.1 Å². The number of carbonyl (C=O) groups excluding carboxylic acids is 2. The smallest absolute Gasteiger partial charge is 0.328 e. The van der Waals surface area contributed by atoms with Crippen LogP contribution in [-0.4, -0.2) is 46.0 Å². The van der Waals surface area contributed by atoms with E-state index in [-0.39, 0.29) is 11.7 Å². The minimum absolute atomic E-state index is 0.111. The third-order valence-corrected chi connectivity index (χ3v) is 7.25. The predicted octanol–water partition coefficient (Wildman–Crippen LogP) is 4.37. The monoisotopic (exact) mass is 495 g/mol. The summed E-state index contributed by atoms with van der Waals surface area (Å²) in [4.78, 5) is 28.1. The lowest BCUT2D eigenvalue weighted by molar-refractivity contribution is -0.144. The molecule has 2 aromatic heterocycles. The molecule has 1 atom stereocenters. The Hall–Kier alpha value is -3.37. The number of thioether (sulfide) groups is 1. The summed E-state index contributed by atoms with van der Waals surface area (Å²) in [5, 5.41) is 16.0. The van der Waals surface area contributed by atoms with E-state index in [0.717, 1.165) is 27.7 Å². The second kappa shape index (κ2) is 10.7. The third-order valence-electron chi connectivity index (χ3n) is 5.28. The zero-order chi connectivity index (χ0) is 24.1. The fourth-order valence-electron chi connectivity index (χ4n) is 3.61. The van der Waals surface area contributed by atoms with Crippen molar-refractivity contribution in [2.75, 3.05) is 18.2 Å². The first-order chi connectivity index (χ1) is 16.4. The fraction of sp³-hybridized carbons (Fsp3) is 0.250. The number of para-hydroxylation sites is 1. The number of hydrogen-bond acceptors (Lipinski definition) is 8. The molecule has 2 heterocycles. The Balaban J connectivity index is 1.34. The zero-order valence-electron chi connectivity index (χ0n) is 19.0. The minimum atomic E-state index is -0.784. The quantitative estimate of drug-likeness (QED) is 0.234. The Morgan fingerprint density at radius 3 is 2.79 bits per heavy atom. The maximum Gasteiger partial charge on any atom is 0.328 e. The SMILES string of the molecule is COC(=O)C(Cc1c[nH]c2ccccc12)NC(=O)CSc1nnc(Nc2ccc(C)cc2C)s1. The van der Waals surface area contributed by atoms with Gasteiger partial charge < -0.3 is 20.4 Å². The van der Waals surface area contributed by atoms with Crippen molar-refractivity contribution >= 4 is 56.7 Å². The van der Waals surface area contributed by atoms with Gasteiger partial charge in [-0.25, -0.2) is 4.79 Å². The number of nitrogens with zero attached hydrogens (tertiary/aromatic N) is 2. The number of carbonyl (C=O) groups is 2. The van der Waals surface area contributed by atoms with E-state index in [1.807, 2.05) is 56.4 Å². The van der Waals surface area contributed by atoms with Gasteiger partial charge in [0.2, 0.25) is 11.0 Å². The van der Waals surface area contributed by atoms with E-state index in [4.69, 9.17) is 4.74 Å². The lowest BCUT2D eigenvalue weighted by Crippen LogP contribution is -2.43. The number of anilines is 2. The van der Waals surface area contributed by atoms with Gasteiger partial charge in [0.15, 0.2) is 4.34 Å². The molecule has 34 heavy (non-hydrogen) atoms. The van der Waals surface area contributed by atoms with Crippen LogP contribution in [0.1, 0.15) is 16.7 Å². The number of rotatable bonds is 9. The summed E-state index contributed by atoms with van der Waals surface area (Å²) in [5.74, 6) is -0.654. The average molecular weight is 496 g/mol. The third kappa shape index (κ3) is 5.75. The van der Waals surface area contributed by atoms with E-state index in [1.54, 1.807) is 0 Å². The van der Waals surface area contributed by atoms with Crippen LogP contribution in [-0.2, 0) is 20.7 Å². The summed E-state index contributed by atoms with van der Waals surface area (Å²) in [6.45, 7) is 4.08. The van der Waals surface area contributed by atoms with Gasteiger partial charge in [-0.3, -0.25) is 4.79 Å². The first-order valence-corrected chi connectivity index (χ1v) is 12.5. The van der Waals surface area contributed by atoms with Gasteiger partial charge in [-0.15, -0.1) is 10.2 Å². The van der Waals surface area contributed by atoms with E-state index in [0.29, 0.717) is 15.9 Å². The van der Waals surface area contributed by atoms with E-state index < -0.39 is 12.0 Å². The fourth-order valence-corrected chi connectivity index (χ4v) is 5.18. The van der Waals surface area contributed by atoms with Crippen molar-refractivity contribution in [3.63, 3.8) is 0 Å². The molecule has 0 saturated carbocycles. The molecular formula is C24H25N5O3S2. The molecule has 3 N–H and O–H groups in total. The van der Waals surface area contributed by atoms with Crippen LogP contribution in [0.15, 0.2) is 53.0 Å². The summed E-state index contributed by atoms with van der Waals surface area (Å²) in [5.41, 5.74) is 5.19. The van der Waals surface area contributed by atoms with Crippen molar-refractivity contribution < 1.29 is 14.3 Å². The van der Waals surface area contributed by atoms with Crippen LogP contribution < -0.4 is 10.6 Å². The molecule has 1 unspecified atom stereocenters. The lowest BCUT2D eigenvalue weighted by atomic mass is 10.0. The molecule has 4 rings (SSSR count). The zero-order valence-corrected chi connectivity index (χ0v) is 20.7. The molecule has 8 nitrogen and oxygen atoms in total. The Bertz CT molecular complexity index is 1320. The Kier molecular flexibility index (Phi) is 7.49. The second-order valence-electron chi connectivity index (χ2n) is 7.81. The highest BCUT2D eigenvalue weighted by Gasteiger charge is 2.23. The summed E-state index contributed by atoms with van der Waals surface area (Å²) in [6, 6.07) is 13.2. The van der Waals surface area contributed by atoms with Crippen LogP contribution in [0.25, 0.3) is 10.9 Å². The first-order valence-electron chi connectivity index (χ1n) is 10.7. The highest BCUT2D eigenvalue weighted by molar-refractivity contribution is 8.01. The number of hydrogen-bond donors (Lipinski definition) is 3. The van der Waals surface area contributed by atoms with Gasteiger partial charge >= 0.3 is 5.97 Å². The van der Waals surface area contributed by atoms with Crippen molar-refractivity contribution in [1.29, 1.82) is 0 Å². The topological polar surface area (TPSA) is 109 Å². The van der Waals surface area contributed by atoms with Crippen molar-refractivity contribution in [2.45, 2.75) is 30.6 Å². The van der Waals surface area contributed by atoms with Gasteiger partial charge in [0.25, 0.3) is 0 Å². The molecule has 0 radical (unpaired) electrons. The van der Waals surface area contributed by atoms with Crippen molar-refractivity contribution in [2.24, 2.45) is 0 Å². The number of aromatic nitrogens is 3. The summed E-state index contributed by atoms with van der Waals surface area (Å²) in [6.07, 6.45) is 2.18. The number of esters is 1. The van der Waals surface area contributed by atoms with Gasteiger partial charge in [-0.1, -0.05) is 59.0 Å². The maximum absolute atomic E-state index is 12.6. The molecule has 0 bridgehead atoms. The average Bonchev–Trinajstić information content (AvgIpc) is 3.45. The predicted molar refractivity (Wildman–Crippen MR) is 136 cm³/mol. The van der Waals surface area contributed by atoms with E-state index in [2.05, 4.69) is 31.9 Å². The molecule has 0 aliphatic carbocycles. The van der Waals surface area contributed by atoms with Gasteiger partial charge in [0, 0.05) is 29.2 Å². The second-order valence-corrected chi connectivity index (χ2v) is 10.0. The van der Waals surface area contributed by atoms with Crippen LogP contribution in [0, 0.1) is 13.8 Å². The molecule has 0 saturated heterocycles. The summed E-state index contributed by atoms with van der Waals surface area (Å²) in [7, 11) is 1.32. The van der Waals surface area contributed by atoms with E-state index in [9.17, 15) is 9.59 Å². The van der Waals surface area contributed by atoms with Crippen LogP contribution in [0.5, 0.6) is 0 Å². The molecule has 0 spiro atoms. The van der Waals surface area contributed by atoms with Crippen molar-refractivity contribution in [3.8, 4) is 0 Å². The molecule has 4 aromatic rings. The van der Waals surface area contributed by atoms with Crippen LogP contribution in [0.2, 0.25) is 0 Å². The number of ether oxygens (including phenoxy) is 1. The Labute approximate surface area is 205 Å². The highest BCUT2D eigenvalue weighted by Crippen LogP contribution is 2.29. The van der Waals surface area contributed by atoms with Gasteiger partial charge in [-0.05, 0) is 37.1 Å². The molecule has 10 heteroatoms. The van der Waals surface area contributed by atoms with Gasteiger partial charge in [0.05, 0.1) is 12.9 Å². The number of aromatic amines is 1. The number of amides is 1. The number of methoxy groups -OCH3 is 1. The van der Waals surface area contributed by atoms with Crippen LogP contribution in [0.3, 0.4) is 0 Å². The largest absolute Gasteiger partial charge is 0.467 e. The minimum Gasteiger partial charge on any atom is -0.467 e. The molecular weight excluding hydrogens is 470 g/mol. The lowest BCUT2D eigenvalue weighted by Gasteiger charge is -2.16. The Morgan fingerprint density at radius 1 is 1.18 bits per heavy atom. The molecule has 2 aromatic carbocycles. The molecule has 0 fully saturated rings. The molecule has 0 aliphatic heterocycles. The maximum atomic E-state index is 12.6. The number of benzene rings is 2. The highest BCUT2D eigenvalue weighted by atomic mass is 32.2. The van der Waals surface area contributed by atoms with E-state index in [1.165, 1.54) is 35.8 Å². The van der Waals surface area contributed by atoms with Crippen LogP contribution in [0.4, 0.5) is 10.8 Å². The van der Waals surface area contributed by atoms with E-state index >= 15 is 0 Å². The number of nitrogens with one attached hydrogen (secondary N) is 3. The summed E-state index contributed by atoms with van der Waals surface area (Å²) < 4.78 is 5.58. The van der Waals surface area contributed by atoms with Crippen molar-refractivity contribution in [1.82, 2.24) is 20.5 Å². The number of fused-ring (bicyclic) bond motifs is 1.